The number of carboxylic acids is 1. The van der Waals surface area contributed by atoms with Gasteiger partial charge in [-0.15, -0.1) is 22.0 Å². The fourth-order valence-electron chi connectivity index (χ4n) is 5.94. The Morgan fingerprint density at radius 3 is 2.43 bits per heavy atom. The molecule has 1 aliphatic rings. The van der Waals surface area contributed by atoms with E-state index in [1.54, 1.807) is 38.8 Å². The molecule has 0 saturated carbocycles. The van der Waals surface area contributed by atoms with Gasteiger partial charge in [-0.1, -0.05) is 63.2 Å². The van der Waals surface area contributed by atoms with Crippen molar-refractivity contribution >= 4 is 34.3 Å². The van der Waals surface area contributed by atoms with Gasteiger partial charge in [0.15, 0.2) is 0 Å². The standard InChI is InChI=1S/C38H42N4O4S/c1-37(2,3)47-35-29-20-28(46-23-27-19-26-9-7-8-10-30(26)39-27)15-17-32(29)42(33(35)21-38(4,5)36(43)44)22-24-11-13-25(14-12-24)31-16-18-34(45-6)41-40-31/h7-18,20,27,39H,19,21-23H2,1-6H3,(H,43,44)/t27-/m0/s1. The van der Waals surface area contributed by atoms with E-state index < -0.39 is 11.4 Å². The van der Waals surface area contributed by atoms with E-state index in [1.165, 1.54) is 11.3 Å². The second kappa shape index (κ2) is 13.0. The molecule has 0 radical (unpaired) electrons. The summed E-state index contributed by atoms with van der Waals surface area (Å²) in [6.45, 7) is 11.3. The Labute approximate surface area is 280 Å². The van der Waals surface area contributed by atoms with Crippen molar-refractivity contribution in [3.8, 4) is 22.9 Å². The van der Waals surface area contributed by atoms with Gasteiger partial charge in [-0.25, -0.2) is 0 Å². The average molecular weight is 651 g/mol. The number of hydrogen-bond acceptors (Lipinski definition) is 7. The molecule has 9 heteroatoms. The number of nitrogens with one attached hydrogen (secondary N) is 1. The SMILES string of the molecule is COc1ccc(-c2ccc(Cn3c(CC(C)(C)C(=O)O)c(SC(C)(C)C)c4cc(OC[C@@H]5Cc6ccccc6N5)ccc43)cc2)nn1. The molecule has 1 atom stereocenters. The van der Waals surface area contributed by atoms with Crippen LogP contribution in [0.2, 0.25) is 0 Å². The largest absolute Gasteiger partial charge is 0.491 e. The number of methoxy groups -OCH3 is 1. The maximum Gasteiger partial charge on any atom is 0.309 e. The lowest BCUT2D eigenvalue weighted by Crippen LogP contribution is -2.28. The zero-order valence-electron chi connectivity index (χ0n) is 27.8. The first-order valence-electron chi connectivity index (χ1n) is 15.9. The molecule has 0 unspecified atom stereocenters. The first-order chi connectivity index (χ1) is 22.4. The minimum Gasteiger partial charge on any atom is -0.491 e. The van der Waals surface area contributed by atoms with Crippen molar-refractivity contribution in [2.75, 3.05) is 19.0 Å². The quantitative estimate of drug-likeness (QED) is 0.138. The van der Waals surface area contributed by atoms with Crippen molar-refractivity contribution in [1.29, 1.82) is 0 Å². The predicted molar refractivity (Wildman–Crippen MR) is 189 cm³/mol. The maximum atomic E-state index is 12.4. The average Bonchev–Trinajstić information content (AvgIpc) is 3.58. The van der Waals surface area contributed by atoms with E-state index in [4.69, 9.17) is 9.47 Å². The Bertz CT molecular complexity index is 1870. The van der Waals surface area contributed by atoms with E-state index in [1.807, 2.05) is 24.3 Å². The second-order valence-electron chi connectivity index (χ2n) is 13.8. The molecule has 244 valence electrons. The topological polar surface area (TPSA) is 98.5 Å². The molecule has 6 rings (SSSR count). The highest BCUT2D eigenvalue weighted by Crippen LogP contribution is 2.44. The highest BCUT2D eigenvalue weighted by atomic mass is 32.2. The van der Waals surface area contributed by atoms with Crippen LogP contribution >= 0.6 is 11.8 Å². The molecule has 0 amide bonds. The molecule has 5 aromatic rings. The van der Waals surface area contributed by atoms with E-state index in [0.717, 1.165) is 50.5 Å². The van der Waals surface area contributed by atoms with Crippen molar-refractivity contribution in [2.24, 2.45) is 5.41 Å². The van der Waals surface area contributed by atoms with Crippen LogP contribution in [0, 0.1) is 5.41 Å². The summed E-state index contributed by atoms with van der Waals surface area (Å²) in [4.78, 5) is 13.5. The summed E-state index contributed by atoms with van der Waals surface area (Å²) in [5, 5.41) is 23.2. The van der Waals surface area contributed by atoms with E-state index in [2.05, 4.69) is 89.4 Å². The van der Waals surface area contributed by atoms with Crippen LogP contribution in [-0.4, -0.2) is 50.3 Å². The molecule has 1 aliphatic heterocycles. The summed E-state index contributed by atoms with van der Waals surface area (Å²) in [5.74, 6) is 0.456. The van der Waals surface area contributed by atoms with Crippen molar-refractivity contribution in [3.05, 3.63) is 95.7 Å². The number of hydrogen-bond donors (Lipinski definition) is 2. The van der Waals surface area contributed by atoms with Crippen molar-refractivity contribution in [1.82, 2.24) is 14.8 Å². The summed E-state index contributed by atoms with van der Waals surface area (Å²) in [7, 11) is 1.57. The number of carboxylic acid groups (broad SMARTS) is 1. The van der Waals surface area contributed by atoms with Gasteiger partial charge >= 0.3 is 5.97 Å². The Balaban J connectivity index is 1.36. The summed E-state index contributed by atoms with van der Waals surface area (Å²) in [5.41, 5.74) is 6.42. The van der Waals surface area contributed by atoms with Crippen LogP contribution in [0.25, 0.3) is 22.2 Å². The fraction of sp³-hybridized carbons (Fsp3) is 0.342. The number of aromatic nitrogens is 3. The molecule has 0 spiro atoms. The number of benzene rings is 3. The van der Waals surface area contributed by atoms with Crippen molar-refractivity contribution < 1.29 is 19.4 Å². The lowest BCUT2D eigenvalue weighted by Gasteiger charge is -2.24. The third-order valence-electron chi connectivity index (χ3n) is 8.42. The first kappa shape index (κ1) is 32.4. The molecule has 47 heavy (non-hydrogen) atoms. The molecular weight excluding hydrogens is 609 g/mol. The number of rotatable bonds is 11. The van der Waals surface area contributed by atoms with Gasteiger partial charge in [0, 0.05) is 56.5 Å². The molecule has 2 N–H and O–H groups in total. The highest BCUT2D eigenvalue weighted by molar-refractivity contribution is 8.00. The summed E-state index contributed by atoms with van der Waals surface area (Å²) in [6.07, 6.45) is 1.31. The number of fused-ring (bicyclic) bond motifs is 2. The van der Waals surface area contributed by atoms with Gasteiger partial charge in [0.25, 0.3) is 0 Å². The van der Waals surface area contributed by atoms with Crippen LogP contribution in [0.1, 0.15) is 51.4 Å². The minimum absolute atomic E-state index is 0.0985. The van der Waals surface area contributed by atoms with E-state index >= 15 is 0 Å². The monoisotopic (exact) mass is 650 g/mol. The predicted octanol–water partition coefficient (Wildman–Crippen LogP) is 8.11. The lowest BCUT2D eigenvalue weighted by molar-refractivity contribution is -0.146. The summed E-state index contributed by atoms with van der Waals surface area (Å²) in [6, 6.07) is 26.9. The second-order valence-corrected chi connectivity index (χ2v) is 15.6. The van der Waals surface area contributed by atoms with E-state index in [9.17, 15) is 9.90 Å². The Hall–Kier alpha value is -4.50. The Kier molecular flexibility index (Phi) is 8.94. The van der Waals surface area contributed by atoms with Crippen LogP contribution in [0.3, 0.4) is 0 Å². The molecule has 2 aromatic heterocycles. The number of thioether (sulfide) groups is 1. The molecule has 8 nitrogen and oxygen atoms in total. The zero-order chi connectivity index (χ0) is 33.3. The first-order valence-corrected chi connectivity index (χ1v) is 16.7. The van der Waals surface area contributed by atoms with Crippen LogP contribution in [0.15, 0.2) is 83.8 Å². The van der Waals surface area contributed by atoms with Crippen LogP contribution in [0.4, 0.5) is 5.69 Å². The number of ether oxygens (including phenoxy) is 2. The Morgan fingerprint density at radius 1 is 1.00 bits per heavy atom. The zero-order valence-corrected chi connectivity index (χ0v) is 28.6. The summed E-state index contributed by atoms with van der Waals surface area (Å²) >= 11 is 1.78. The lowest BCUT2D eigenvalue weighted by atomic mass is 9.88. The van der Waals surface area contributed by atoms with Crippen LogP contribution < -0.4 is 14.8 Å². The van der Waals surface area contributed by atoms with Gasteiger partial charge in [-0.05, 0) is 61.7 Å². The smallest absolute Gasteiger partial charge is 0.309 e. The molecule has 3 heterocycles. The number of carbonyl (C=O) groups is 1. The maximum absolute atomic E-state index is 12.4. The number of para-hydroxylation sites is 1. The van der Waals surface area contributed by atoms with Crippen LogP contribution in [0.5, 0.6) is 11.6 Å². The van der Waals surface area contributed by atoms with E-state index in [0.29, 0.717) is 25.5 Å². The van der Waals surface area contributed by atoms with Gasteiger partial charge in [-0.3, -0.25) is 4.79 Å². The van der Waals surface area contributed by atoms with Gasteiger partial charge in [0.05, 0.1) is 24.3 Å². The minimum atomic E-state index is -0.960. The van der Waals surface area contributed by atoms with Gasteiger partial charge in [0.1, 0.15) is 12.4 Å². The van der Waals surface area contributed by atoms with Gasteiger partial charge in [-0.2, -0.15) is 0 Å². The van der Waals surface area contributed by atoms with Crippen molar-refractivity contribution in [3.63, 3.8) is 0 Å². The van der Waals surface area contributed by atoms with Crippen LogP contribution in [-0.2, 0) is 24.2 Å². The molecule has 0 aliphatic carbocycles. The number of nitrogens with zero attached hydrogens (tertiary/aromatic N) is 3. The highest BCUT2D eigenvalue weighted by Gasteiger charge is 2.33. The number of anilines is 1. The molecular formula is C38H42N4O4S. The van der Waals surface area contributed by atoms with Gasteiger partial charge in [0.2, 0.25) is 5.88 Å². The Morgan fingerprint density at radius 2 is 1.77 bits per heavy atom. The number of aliphatic carboxylic acids is 1. The summed E-state index contributed by atoms with van der Waals surface area (Å²) < 4.78 is 13.7. The molecule has 3 aromatic carbocycles. The molecule has 0 saturated heterocycles. The van der Waals surface area contributed by atoms with Gasteiger partial charge < -0.3 is 24.5 Å². The molecule has 0 fully saturated rings. The third-order valence-corrected chi connectivity index (χ3v) is 9.69. The molecule has 0 bridgehead atoms. The fourth-order valence-corrected chi connectivity index (χ4v) is 7.12. The van der Waals surface area contributed by atoms with Crippen molar-refractivity contribution in [2.45, 2.75) is 69.7 Å². The third kappa shape index (κ3) is 7.25. The normalized spacial score (nSPS) is 14.6. The van der Waals surface area contributed by atoms with E-state index in [-0.39, 0.29) is 10.8 Å².